The zero-order valence-electron chi connectivity index (χ0n) is 16.0. The zero-order chi connectivity index (χ0) is 19.1. The van der Waals surface area contributed by atoms with Gasteiger partial charge in [-0.05, 0) is 32.9 Å². The lowest BCUT2D eigenvalue weighted by molar-refractivity contribution is 0.298. The Morgan fingerprint density at radius 3 is 2.54 bits per heavy atom. The van der Waals surface area contributed by atoms with E-state index in [2.05, 4.69) is 34.3 Å². The molecule has 8 nitrogen and oxygen atoms in total. The Morgan fingerprint density at radius 2 is 1.92 bits per heavy atom. The monoisotopic (exact) mass is 365 g/mol. The van der Waals surface area contributed by atoms with Crippen LogP contribution in [0.15, 0.2) is 14.7 Å². The highest BCUT2D eigenvalue weighted by atomic mass is 16.3. The lowest BCUT2D eigenvalue weighted by atomic mass is 9.95. The van der Waals surface area contributed by atoms with Crippen LogP contribution in [0.2, 0.25) is 0 Å². The fourth-order valence-electron chi connectivity index (χ4n) is 3.52. The van der Waals surface area contributed by atoms with Crippen LogP contribution in [0, 0.1) is 0 Å². The molecule has 8 heteroatoms. The van der Waals surface area contributed by atoms with Crippen LogP contribution in [0.1, 0.15) is 64.5 Å². The summed E-state index contributed by atoms with van der Waals surface area (Å²) in [5.74, 6) is -0.280. The van der Waals surface area contributed by atoms with Gasteiger partial charge in [-0.25, -0.2) is 4.79 Å². The SMILES string of the molecule is CCN(CC)CCN/N=C(\C)c1c(O)n(C2CCCCC2)c(=O)[nH]c1=O. The van der Waals surface area contributed by atoms with Crippen LogP contribution < -0.4 is 16.7 Å². The normalized spacial score (nSPS) is 16.2. The molecule has 0 saturated heterocycles. The quantitative estimate of drug-likeness (QED) is 0.367. The molecule has 1 saturated carbocycles. The predicted molar refractivity (Wildman–Crippen MR) is 103 cm³/mol. The second kappa shape index (κ2) is 9.56. The van der Waals surface area contributed by atoms with Crippen molar-refractivity contribution in [2.75, 3.05) is 26.2 Å². The molecule has 0 radical (unpaired) electrons. The number of hydrogen-bond donors (Lipinski definition) is 3. The van der Waals surface area contributed by atoms with Crippen LogP contribution in [0.25, 0.3) is 0 Å². The Morgan fingerprint density at radius 1 is 1.27 bits per heavy atom. The van der Waals surface area contributed by atoms with Gasteiger partial charge in [0.25, 0.3) is 5.56 Å². The molecule has 0 atom stereocenters. The molecule has 3 N–H and O–H groups in total. The molecule has 0 unspecified atom stereocenters. The van der Waals surface area contributed by atoms with Crippen LogP contribution >= 0.6 is 0 Å². The number of likely N-dealkylation sites (N-methyl/N-ethyl adjacent to an activating group) is 1. The van der Waals surface area contributed by atoms with E-state index in [1.807, 2.05) is 0 Å². The minimum absolute atomic E-state index is 0.0607. The molecule has 0 aromatic carbocycles. The Hall–Kier alpha value is -2.09. The van der Waals surface area contributed by atoms with Crippen molar-refractivity contribution in [2.45, 2.75) is 58.9 Å². The first-order valence-electron chi connectivity index (χ1n) is 9.57. The third-order valence-corrected chi connectivity index (χ3v) is 5.10. The molecule has 0 bridgehead atoms. The second-order valence-electron chi connectivity index (χ2n) is 6.75. The minimum atomic E-state index is -0.605. The van der Waals surface area contributed by atoms with Gasteiger partial charge in [0.2, 0.25) is 5.88 Å². The largest absolute Gasteiger partial charge is 0.494 e. The maximum absolute atomic E-state index is 12.2. The Labute approximate surface area is 153 Å². The van der Waals surface area contributed by atoms with Crippen LogP contribution in [-0.4, -0.2) is 51.4 Å². The van der Waals surface area contributed by atoms with E-state index in [4.69, 9.17) is 0 Å². The summed E-state index contributed by atoms with van der Waals surface area (Å²) in [7, 11) is 0. The number of hydrazone groups is 1. The Balaban J connectivity index is 2.21. The number of aromatic nitrogens is 2. The summed E-state index contributed by atoms with van der Waals surface area (Å²) in [5.41, 5.74) is 2.22. The first kappa shape index (κ1) is 20.2. The summed E-state index contributed by atoms with van der Waals surface area (Å²) in [6.07, 6.45) is 4.84. The first-order valence-corrected chi connectivity index (χ1v) is 9.57. The molecule has 0 spiro atoms. The molecular formula is C18H31N5O3. The number of hydrogen-bond acceptors (Lipinski definition) is 6. The standard InChI is InChI=1S/C18H31N5O3/c1-4-22(5-2)12-11-19-21-13(3)15-16(24)20-18(26)23(17(15)25)14-9-7-6-8-10-14/h14,19,25H,4-12H2,1-3H3,(H,20,24,26)/b21-13+. The number of nitrogens with zero attached hydrogens (tertiary/aromatic N) is 3. The second-order valence-corrected chi connectivity index (χ2v) is 6.75. The van der Waals surface area contributed by atoms with E-state index < -0.39 is 11.2 Å². The maximum Gasteiger partial charge on any atom is 0.331 e. The smallest absolute Gasteiger partial charge is 0.331 e. The van der Waals surface area contributed by atoms with Gasteiger partial charge >= 0.3 is 5.69 Å². The third-order valence-electron chi connectivity index (χ3n) is 5.10. The minimum Gasteiger partial charge on any atom is -0.494 e. The molecule has 1 aliphatic carbocycles. The highest BCUT2D eigenvalue weighted by Crippen LogP contribution is 2.30. The van der Waals surface area contributed by atoms with Gasteiger partial charge in [0.15, 0.2) is 0 Å². The van der Waals surface area contributed by atoms with E-state index in [9.17, 15) is 14.7 Å². The highest BCUT2D eigenvalue weighted by Gasteiger charge is 2.24. The zero-order valence-corrected chi connectivity index (χ0v) is 16.0. The summed E-state index contributed by atoms with van der Waals surface area (Å²) in [6.45, 7) is 9.27. The van der Waals surface area contributed by atoms with Crippen LogP contribution in [0.4, 0.5) is 0 Å². The summed E-state index contributed by atoms with van der Waals surface area (Å²) >= 11 is 0. The molecule has 1 fully saturated rings. The molecule has 0 aliphatic heterocycles. The van der Waals surface area contributed by atoms with Gasteiger partial charge in [-0.1, -0.05) is 33.1 Å². The van der Waals surface area contributed by atoms with Crippen molar-refractivity contribution in [3.05, 3.63) is 26.4 Å². The van der Waals surface area contributed by atoms with Gasteiger partial charge in [-0.15, -0.1) is 0 Å². The lowest BCUT2D eigenvalue weighted by Crippen LogP contribution is -2.36. The van der Waals surface area contributed by atoms with E-state index in [0.717, 1.165) is 51.7 Å². The molecule has 1 aromatic heterocycles. The van der Waals surface area contributed by atoms with Gasteiger partial charge in [-0.2, -0.15) is 5.10 Å². The molecule has 26 heavy (non-hydrogen) atoms. The molecular weight excluding hydrogens is 334 g/mol. The molecule has 0 amide bonds. The van der Waals surface area contributed by atoms with E-state index in [1.165, 1.54) is 4.57 Å². The average molecular weight is 365 g/mol. The van der Waals surface area contributed by atoms with Crippen molar-refractivity contribution in [3.63, 3.8) is 0 Å². The van der Waals surface area contributed by atoms with E-state index >= 15 is 0 Å². The number of nitrogens with one attached hydrogen (secondary N) is 2. The number of rotatable bonds is 8. The Bertz CT molecular complexity index is 727. The van der Waals surface area contributed by atoms with Crippen molar-refractivity contribution in [3.8, 4) is 5.88 Å². The fraction of sp³-hybridized carbons (Fsp3) is 0.722. The van der Waals surface area contributed by atoms with Crippen LogP contribution in [0.3, 0.4) is 0 Å². The van der Waals surface area contributed by atoms with Gasteiger partial charge in [0.05, 0.1) is 5.71 Å². The van der Waals surface area contributed by atoms with Crippen molar-refractivity contribution in [1.82, 2.24) is 19.9 Å². The van der Waals surface area contributed by atoms with Crippen molar-refractivity contribution in [2.24, 2.45) is 5.10 Å². The molecule has 1 aromatic rings. The van der Waals surface area contributed by atoms with E-state index in [0.29, 0.717) is 12.3 Å². The van der Waals surface area contributed by atoms with Gasteiger partial charge in [-0.3, -0.25) is 14.3 Å². The first-order chi connectivity index (χ1) is 12.5. The predicted octanol–water partition coefficient (Wildman–Crippen LogP) is 1.40. The van der Waals surface area contributed by atoms with Crippen LogP contribution in [0.5, 0.6) is 5.88 Å². The van der Waals surface area contributed by atoms with Crippen molar-refractivity contribution < 1.29 is 5.11 Å². The summed E-state index contributed by atoms with van der Waals surface area (Å²) in [4.78, 5) is 29.0. The van der Waals surface area contributed by atoms with E-state index in [1.54, 1.807) is 6.92 Å². The number of H-pyrrole nitrogens is 1. The van der Waals surface area contributed by atoms with Gasteiger partial charge < -0.3 is 15.4 Å². The molecule has 1 aliphatic rings. The summed E-state index contributed by atoms with van der Waals surface area (Å²) < 4.78 is 1.32. The summed E-state index contributed by atoms with van der Waals surface area (Å²) in [6, 6.07) is -0.0738. The number of aromatic amines is 1. The topological polar surface area (TPSA) is 103 Å². The van der Waals surface area contributed by atoms with Crippen molar-refractivity contribution in [1.29, 1.82) is 0 Å². The third kappa shape index (κ3) is 4.75. The van der Waals surface area contributed by atoms with Gasteiger partial charge in [0, 0.05) is 19.1 Å². The summed E-state index contributed by atoms with van der Waals surface area (Å²) in [5, 5.41) is 14.8. The maximum atomic E-state index is 12.2. The molecule has 2 rings (SSSR count). The lowest BCUT2D eigenvalue weighted by Gasteiger charge is -2.25. The Kier molecular flexibility index (Phi) is 7.44. The van der Waals surface area contributed by atoms with Crippen molar-refractivity contribution >= 4 is 5.71 Å². The average Bonchev–Trinajstić information content (AvgIpc) is 2.62. The van der Waals surface area contributed by atoms with Gasteiger partial charge in [0.1, 0.15) is 5.56 Å². The van der Waals surface area contributed by atoms with Crippen LogP contribution in [-0.2, 0) is 0 Å². The molecule has 1 heterocycles. The fourth-order valence-corrected chi connectivity index (χ4v) is 3.52. The molecule has 146 valence electrons. The number of aromatic hydroxyl groups is 1. The van der Waals surface area contributed by atoms with E-state index in [-0.39, 0.29) is 17.5 Å². The highest BCUT2D eigenvalue weighted by molar-refractivity contribution is 6.00.